The molecule has 0 aliphatic rings. The Bertz CT molecular complexity index is 496. The maximum atomic E-state index is 12.4. The second-order valence-corrected chi connectivity index (χ2v) is 7.01. The van der Waals surface area contributed by atoms with E-state index in [1.165, 1.54) is 7.05 Å². The SMILES string of the molecule is C=C(N(C(=O)NC)C(=O)N(O)C(=O)[C@@H](O)CCC(C)C)C(C)(C)C. The first-order valence-corrected chi connectivity index (χ1v) is 7.80. The van der Waals surface area contributed by atoms with Gasteiger partial charge in [0.2, 0.25) is 0 Å². The predicted octanol–water partition coefficient (Wildman–Crippen LogP) is 2.32. The Morgan fingerprint density at radius 2 is 1.67 bits per heavy atom. The Morgan fingerprint density at radius 1 is 1.17 bits per heavy atom. The molecule has 0 aliphatic carbocycles. The van der Waals surface area contributed by atoms with E-state index in [1.807, 2.05) is 13.8 Å². The van der Waals surface area contributed by atoms with Crippen LogP contribution >= 0.6 is 0 Å². The van der Waals surface area contributed by atoms with Crippen LogP contribution in [0.15, 0.2) is 12.3 Å². The van der Waals surface area contributed by atoms with Gasteiger partial charge >= 0.3 is 12.1 Å². The third-order valence-electron chi connectivity index (χ3n) is 3.44. The van der Waals surface area contributed by atoms with Crippen LogP contribution in [0.1, 0.15) is 47.5 Å². The molecule has 0 rings (SSSR count). The summed E-state index contributed by atoms with van der Waals surface area (Å²) in [7, 11) is 1.31. The molecule has 5 amide bonds. The molecule has 0 heterocycles. The van der Waals surface area contributed by atoms with Gasteiger partial charge in [-0.05, 0) is 18.8 Å². The minimum Gasteiger partial charge on any atom is -0.383 e. The van der Waals surface area contributed by atoms with Gasteiger partial charge in [-0.3, -0.25) is 10.0 Å². The average molecular weight is 343 g/mol. The Kier molecular flexibility index (Phi) is 8.08. The molecule has 0 fully saturated rings. The zero-order chi connectivity index (χ0) is 19.2. The number of imide groups is 2. The van der Waals surface area contributed by atoms with E-state index in [9.17, 15) is 24.7 Å². The van der Waals surface area contributed by atoms with Gasteiger partial charge in [-0.15, -0.1) is 5.06 Å². The van der Waals surface area contributed by atoms with Crippen molar-refractivity contribution in [1.29, 1.82) is 0 Å². The van der Waals surface area contributed by atoms with Gasteiger partial charge in [0, 0.05) is 18.2 Å². The zero-order valence-corrected chi connectivity index (χ0v) is 15.3. The van der Waals surface area contributed by atoms with Crippen LogP contribution in [0.3, 0.4) is 0 Å². The van der Waals surface area contributed by atoms with Gasteiger partial charge in [0.1, 0.15) is 6.10 Å². The van der Waals surface area contributed by atoms with Crippen LogP contribution in [0.2, 0.25) is 0 Å². The molecule has 0 spiro atoms. The first kappa shape index (κ1) is 22.1. The van der Waals surface area contributed by atoms with E-state index in [4.69, 9.17) is 0 Å². The van der Waals surface area contributed by atoms with Crippen LogP contribution in [0.25, 0.3) is 0 Å². The number of aliphatic hydroxyl groups excluding tert-OH is 1. The zero-order valence-electron chi connectivity index (χ0n) is 15.3. The number of urea groups is 2. The highest BCUT2D eigenvalue weighted by atomic mass is 16.5. The van der Waals surface area contributed by atoms with Crippen LogP contribution in [0, 0.1) is 11.3 Å². The molecule has 138 valence electrons. The number of amides is 5. The van der Waals surface area contributed by atoms with E-state index in [2.05, 4.69) is 11.9 Å². The van der Waals surface area contributed by atoms with E-state index in [-0.39, 0.29) is 23.1 Å². The molecule has 0 bridgehead atoms. The summed E-state index contributed by atoms with van der Waals surface area (Å²) in [4.78, 5) is 36.9. The molecule has 0 aromatic carbocycles. The number of hydrogen-bond donors (Lipinski definition) is 3. The molecule has 0 aromatic heterocycles. The lowest BCUT2D eigenvalue weighted by Crippen LogP contribution is -2.53. The van der Waals surface area contributed by atoms with Crippen molar-refractivity contribution in [3.8, 4) is 0 Å². The minimum atomic E-state index is -1.53. The first-order chi connectivity index (χ1) is 10.8. The number of hydroxylamine groups is 2. The molecule has 0 unspecified atom stereocenters. The van der Waals surface area contributed by atoms with Gasteiger partial charge < -0.3 is 10.4 Å². The number of allylic oxidation sites excluding steroid dienone is 1. The smallest absolute Gasteiger partial charge is 0.363 e. The highest BCUT2D eigenvalue weighted by Gasteiger charge is 2.37. The molecule has 0 saturated carbocycles. The number of nitrogens with zero attached hydrogens (tertiary/aromatic N) is 2. The lowest BCUT2D eigenvalue weighted by Gasteiger charge is -2.32. The standard InChI is InChI=1S/C16H29N3O5/c1-10(2)8-9-12(20)13(21)19(24)15(23)18(14(22)17-7)11(3)16(4,5)6/h10,12,20,24H,3,8-9H2,1-2,4-7H3,(H,17,22)/t12-/m0/s1. The molecule has 1 atom stereocenters. The third-order valence-corrected chi connectivity index (χ3v) is 3.44. The van der Waals surface area contributed by atoms with Crippen molar-refractivity contribution >= 4 is 18.0 Å². The fraction of sp³-hybridized carbons (Fsp3) is 0.688. The second-order valence-electron chi connectivity index (χ2n) is 7.01. The van der Waals surface area contributed by atoms with Gasteiger partial charge in [-0.25, -0.2) is 14.5 Å². The number of carbonyl (C=O) groups is 3. The summed E-state index contributed by atoms with van der Waals surface area (Å²) in [6.45, 7) is 12.7. The lowest BCUT2D eigenvalue weighted by atomic mass is 9.92. The highest BCUT2D eigenvalue weighted by molar-refractivity contribution is 6.03. The summed E-state index contributed by atoms with van der Waals surface area (Å²) in [5, 5.41) is 21.7. The van der Waals surface area contributed by atoms with Gasteiger partial charge in [-0.2, -0.15) is 0 Å². The van der Waals surface area contributed by atoms with Gasteiger partial charge in [-0.1, -0.05) is 41.2 Å². The summed E-state index contributed by atoms with van der Waals surface area (Å²) in [5.41, 5.74) is -0.571. The number of rotatable bonds is 5. The van der Waals surface area contributed by atoms with Crippen molar-refractivity contribution in [3.63, 3.8) is 0 Å². The highest BCUT2D eigenvalue weighted by Crippen LogP contribution is 2.27. The maximum Gasteiger partial charge on any atom is 0.363 e. The maximum absolute atomic E-state index is 12.4. The third kappa shape index (κ3) is 5.93. The lowest BCUT2D eigenvalue weighted by molar-refractivity contribution is -0.163. The van der Waals surface area contributed by atoms with Crippen molar-refractivity contribution in [2.45, 2.75) is 53.6 Å². The first-order valence-electron chi connectivity index (χ1n) is 7.80. The number of nitrogens with one attached hydrogen (secondary N) is 1. The summed E-state index contributed by atoms with van der Waals surface area (Å²) >= 11 is 0. The van der Waals surface area contributed by atoms with Crippen LogP contribution in [-0.4, -0.2) is 51.4 Å². The molecule has 8 heteroatoms. The fourth-order valence-corrected chi connectivity index (χ4v) is 1.72. The van der Waals surface area contributed by atoms with Crippen molar-refractivity contribution in [2.24, 2.45) is 11.3 Å². The molecule has 3 N–H and O–H groups in total. The molecular formula is C16H29N3O5. The van der Waals surface area contributed by atoms with Crippen LogP contribution in [-0.2, 0) is 4.79 Å². The molecule has 0 radical (unpaired) electrons. The van der Waals surface area contributed by atoms with E-state index >= 15 is 0 Å². The fourth-order valence-electron chi connectivity index (χ4n) is 1.72. The Morgan fingerprint density at radius 3 is 2.04 bits per heavy atom. The Balaban J connectivity index is 5.31. The van der Waals surface area contributed by atoms with Crippen molar-refractivity contribution in [2.75, 3.05) is 7.05 Å². The molecule has 24 heavy (non-hydrogen) atoms. The number of aliphatic hydroxyl groups is 1. The molecule has 0 saturated heterocycles. The van der Waals surface area contributed by atoms with Crippen molar-refractivity contribution < 1.29 is 24.7 Å². The Labute approximate surface area is 143 Å². The average Bonchev–Trinajstić information content (AvgIpc) is 2.49. The summed E-state index contributed by atoms with van der Waals surface area (Å²) in [5.74, 6) is -0.936. The van der Waals surface area contributed by atoms with Crippen LogP contribution in [0.4, 0.5) is 9.59 Å². The Hall–Kier alpha value is -1.93. The van der Waals surface area contributed by atoms with Crippen molar-refractivity contribution in [1.82, 2.24) is 15.3 Å². The van der Waals surface area contributed by atoms with E-state index in [1.54, 1.807) is 20.8 Å². The summed E-state index contributed by atoms with van der Waals surface area (Å²) < 4.78 is 0. The molecule has 0 aromatic rings. The van der Waals surface area contributed by atoms with Gasteiger partial charge in [0.05, 0.1) is 0 Å². The topological polar surface area (TPSA) is 110 Å². The van der Waals surface area contributed by atoms with Crippen LogP contribution in [0.5, 0.6) is 0 Å². The van der Waals surface area contributed by atoms with Crippen LogP contribution < -0.4 is 5.32 Å². The second kappa shape index (κ2) is 8.79. The normalized spacial score (nSPS) is 12.5. The monoisotopic (exact) mass is 343 g/mol. The number of hydrogen-bond acceptors (Lipinski definition) is 5. The number of carbonyl (C=O) groups excluding carboxylic acids is 3. The minimum absolute atomic E-state index is 0.0929. The molecule has 8 nitrogen and oxygen atoms in total. The molecular weight excluding hydrogens is 314 g/mol. The predicted molar refractivity (Wildman–Crippen MR) is 89.0 cm³/mol. The quantitative estimate of drug-likeness (QED) is 0.524. The van der Waals surface area contributed by atoms with E-state index < -0.39 is 29.5 Å². The molecule has 0 aliphatic heterocycles. The van der Waals surface area contributed by atoms with Gasteiger partial charge in [0.15, 0.2) is 0 Å². The van der Waals surface area contributed by atoms with E-state index in [0.717, 1.165) is 0 Å². The van der Waals surface area contributed by atoms with E-state index in [0.29, 0.717) is 11.3 Å². The summed E-state index contributed by atoms with van der Waals surface area (Å²) in [6, 6.07) is -2.13. The van der Waals surface area contributed by atoms with Crippen molar-refractivity contribution in [3.05, 3.63) is 12.3 Å². The summed E-state index contributed by atoms with van der Waals surface area (Å²) in [6.07, 6.45) is -0.889. The largest absolute Gasteiger partial charge is 0.383 e. The van der Waals surface area contributed by atoms with Gasteiger partial charge in [0.25, 0.3) is 5.91 Å².